The van der Waals surface area contributed by atoms with Crippen LogP contribution in [0.4, 0.5) is 0 Å². The summed E-state index contributed by atoms with van der Waals surface area (Å²) in [6.45, 7) is 3.86. The Morgan fingerprint density at radius 1 is 1.35 bits per heavy atom. The second-order valence-electron chi connectivity index (χ2n) is 4.59. The molecular weight excluding hydrogens is 260 g/mol. The number of ether oxygens (including phenoxy) is 2. The SMILES string of the molecule is CCC(C)(OC)c1noc(-c2ccc(OC)cc2O)n1. The molecule has 0 saturated heterocycles. The average Bonchev–Trinajstić information content (AvgIpc) is 2.96. The van der Waals surface area contributed by atoms with Crippen molar-refractivity contribution in [2.75, 3.05) is 14.2 Å². The minimum absolute atomic E-state index is 0.0233. The standard InChI is InChI=1S/C14H18N2O4/c1-5-14(2,19-4)13-15-12(20-16-13)10-7-6-9(18-3)8-11(10)17/h6-8,17H,5H2,1-4H3. The predicted molar refractivity (Wildman–Crippen MR) is 72.6 cm³/mol. The minimum atomic E-state index is -0.607. The molecule has 0 saturated carbocycles. The van der Waals surface area contributed by atoms with E-state index in [1.165, 1.54) is 13.2 Å². The first-order valence-electron chi connectivity index (χ1n) is 6.30. The summed E-state index contributed by atoms with van der Waals surface area (Å²) in [5, 5.41) is 13.9. The van der Waals surface area contributed by atoms with Gasteiger partial charge in [0, 0.05) is 13.2 Å². The van der Waals surface area contributed by atoms with E-state index in [-0.39, 0.29) is 11.6 Å². The summed E-state index contributed by atoms with van der Waals surface area (Å²) in [4.78, 5) is 4.31. The Labute approximate surface area is 117 Å². The van der Waals surface area contributed by atoms with Gasteiger partial charge in [0.2, 0.25) is 5.82 Å². The number of hydrogen-bond acceptors (Lipinski definition) is 6. The van der Waals surface area contributed by atoms with Gasteiger partial charge < -0.3 is 19.1 Å². The number of phenols is 1. The van der Waals surface area contributed by atoms with Crippen LogP contribution in [0.1, 0.15) is 26.1 Å². The van der Waals surface area contributed by atoms with Crippen molar-refractivity contribution < 1.29 is 19.1 Å². The molecule has 6 nitrogen and oxygen atoms in total. The van der Waals surface area contributed by atoms with E-state index < -0.39 is 5.60 Å². The highest BCUT2D eigenvalue weighted by Gasteiger charge is 2.30. The van der Waals surface area contributed by atoms with Gasteiger partial charge in [-0.3, -0.25) is 0 Å². The first-order valence-corrected chi connectivity index (χ1v) is 6.30. The maximum Gasteiger partial charge on any atom is 0.261 e. The fourth-order valence-electron chi connectivity index (χ4n) is 1.76. The lowest BCUT2D eigenvalue weighted by Crippen LogP contribution is -2.24. The van der Waals surface area contributed by atoms with Crippen molar-refractivity contribution in [3.05, 3.63) is 24.0 Å². The fourth-order valence-corrected chi connectivity index (χ4v) is 1.76. The van der Waals surface area contributed by atoms with Gasteiger partial charge in [-0.2, -0.15) is 4.98 Å². The number of aromatic hydroxyl groups is 1. The van der Waals surface area contributed by atoms with E-state index in [4.69, 9.17) is 14.0 Å². The van der Waals surface area contributed by atoms with Crippen molar-refractivity contribution in [2.24, 2.45) is 0 Å². The molecule has 0 spiro atoms. The summed E-state index contributed by atoms with van der Waals surface area (Å²) < 4.78 is 15.7. The first kappa shape index (κ1) is 14.3. The Balaban J connectivity index is 2.38. The van der Waals surface area contributed by atoms with Gasteiger partial charge in [-0.1, -0.05) is 12.1 Å². The second-order valence-corrected chi connectivity index (χ2v) is 4.59. The molecule has 0 fully saturated rings. The average molecular weight is 278 g/mol. The van der Waals surface area contributed by atoms with Crippen LogP contribution >= 0.6 is 0 Å². The lowest BCUT2D eigenvalue weighted by Gasteiger charge is -2.21. The molecule has 2 rings (SSSR count). The third kappa shape index (κ3) is 2.46. The molecule has 1 heterocycles. The zero-order chi connectivity index (χ0) is 14.8. The summed E-state index contributed by atoms with van der Waals surface area (Å²) in [5.74, 6) is 1.28. The van der Waals surface area contributed by atoms with E-state index in [2.05, 4.69) is 10.1 Å². The predicted octanol–water partition coefficient (Wildman–Crippen LogP) is 2.72. The Morgan fingerprint density at radius 3 is 2.65 bits per heavy atom. The number of hydrogen-bond donors (Lipinski definition) is 1. The first-order chi connectivity index (χ1) is 9.54. The van der Waals surface area contributed by atoms with Crippen LogP contribution < -0.4 is 4.74 Å². The highest BCUT2D eigenvalue weighted by atomic mass is 16.5. The van der Waals surface area contributed by atoms with Crippen LogP contribution in [0.25, 0.3) is 11.5 Å². The Kier molecular flexibility index (Phi) is 3.94. The van der Waals surface area contributed by atoms with Gasteiger partial charge in [0.15, 0.2) is 0 Å². The summed E-state index contributed by atoms with van der Waals surface area (Å²) in [7, 11) is 3.13. The van der Waals surface area contributed by atoms with Gasteiger partial charge in [0.1, 0.15) is 17.1 Å². The van der Waals surface area contributed by atoms with E-state index in [1.54, 1.807) is 19.2 Å². The normalized spacial score (nSPS) is 14.0. The summed E-state index contributed by atoms with van der Waals surface area (Å²) in [6.07, 6.45) is 0.705. The summed E-state index contributed by atoms with van der Waals surface area (Å²) in [6, 6.07) is 4.88. The molecule has 6 heteroatoms. The van der Waals surface area contributed by atoms with Gasteiger partial charge >= 0.3 is 0 Å². The molecular formula is C14H18N2O4. The second kappa shape index (κ2) is 5.50. The highest BCUT2D eigenvalue weighted by molar-refractivity contribution is 5.63. The Morgan fingerprint density at radius 2 is 2.10 bits per heavy atom. The smallest absolute Gasteiger partial charge is 0.261 e. The molecule has 1 aromatic heterocycles. The molecule has 0 amide bonds. The van der Waals surface area contributed by atoms with Crippen molar-refractivity contribution in [2.45, 2.75) is 25.9 Å². The molecule has 0 aliphatic rings. The molecule has 0 aliphatic heterocycles. The van der Waals surface area contributed by atoms with Crippen LogP contribution in [-0.2, 0) is 10.3 Å². The number of methoxy groups -OCH3 is 2. The topological polar surface area (TPSA) is 77.6 Å². The Bertz CT molecular complexity index is 591. The molecule has 1 N–H and O–H groups in total. The molecule has 108 valence electrons. The largest absolute Gasteiger partial charge is 0.507 e. The van der Waals surface area contributed by atoms with Crippen LogP contribution in [0.3, 0.4) is 0 Å². The molecule has 20 heavy (non-hydrogen) atoms. The maximum absolute atomic E-state index is 9.96. The van der Waals surface area contributed by atoms with Gasteiger partial charge in [-0.05, 0) is 25.5 Å². The van der Waals surface area contributed by atoms with Crippen molar-refractivity contribution in [1.82, 2.24) is 10.1 Å². The van der Waals surface area contributed by atoms with Crippen molar-refractivity contribution in [3.63, 3.8) is 0 Å². The zero-order valence-electron chi connectivity index (χ0n) is 12.0. The van der Waals surface area contributed by atoms with Crippen LogP contribution in [-0.4, -0.2) is 29.5 Å². The van der Waals surface area contributed by atoms with Crippen LogP contribution in [0, 0.1) is 0 Å². The van der Waals surface area contributed by atoms with Gasteiger partial charge in [-0.25, -0.2) is 0 Å². The monoisotopic (exact) mass is 278 g/mol. The Hall–Kier alpha value is -2.08. The van der Waals surface area contributed by atoms with Crippen LogP contribution in [0.15, 0.2) is 22.7 Å². The zero-order valence-corrected chi connectivity index (χ0v) is 12.0. The molecule has 0 radical (unpaired) electrons. The molecule has 1 unspecified atom stereocenters. The minimum Gasteiger partial charge on any atom is -0.507 e. The highest BCUT2D eigenvalue weighted by Crippen LogP contribution is 2.33. The summed E-state index contributed by atoms with van der Waals surface area (Å²) >= 11 is 0. The number of aromatic nitrogens is 2. The molecule has 1 atom stereocenters. The molecule has 0 aliphatic carbocycles. The van der Waals surface area contributed by atoms with E-state index >= 15 is 0 Å². The van der Waals surface area contributed by atoms with Crippen LogP contribution in [0.5, 0.6) is 11.5 Å². The van der Waals surface area contributed by atoms with E-state index in [1.807, 2.05) is 13.8 Å². The van der Waals surface area contributed by atoms with Crippen LogP contribution in [0.2, 0.25) is 0 Å². The van der Waals surface area contributed by atoms with Gasteiger partial charge in [-0.15, -0.1) is 0 Å². The van der Waals surface area contributed by atoms with E-state index in [9.17, 15) is 5.11 Å². The third-order valence-electron chi connectivity index (χ3n) is 3.46. The fraction of sp³-hybridized carbons (Fsp3) is 0.429. The van der Waals surface area contributed by atoms with Gasteiger partial charge in [0.05, 0.1) is 12.7 Å². The number of phenolic OH excluding ortho intramolecular Hbond substituents is 1. The lowest BCUT2D eigenvalue weighted by molar-refractivity contribution is -0.0106. The van der Waals surface area contributed by atoms with E-state index in [0.29, 0.717) is 23.6 Å². The lowest BCUT2D eigenvalue weighted by atomic mass is 10.0. The number of benzene rings is 1. The summed E-state index contributed by atoms with van der Waals surface area (Å²) in [5.41, 5.74) is -0.150. The van der Waals surface area contributed by atoms with E-state index in [0.717, 1.165) is 0 Å². The number of nitrogens with zero attached hydrogens (tertiary/aromatic N) is 2. The van der Waals surface area contributed by atoms with Crippen molar-refractivity contribution in [1.29, 1.82) is 0 Å². The molecule has 0 bridgehead atoms. The quantitative estimate of drug-likeness (QED) is 0.906. The molecule has 2 aromatic rings. The van der Waals surface area contributed by atoms with Gasteiger partial charge in [0.25, 0.3) is 5.89 Å². The molecule has 1 aromatic carbocycles. The third-order valence-corrected chi connectivity index (χ3v) is 3.46. The van der Waals surface area contributed by atoms with Crippen molar-refractivity contribution >= 4 is 0 Å². The number of rotatable bonds is 5. The maximum atomic E-state index is 9.96. The van der Waals surface area contributed by atoms with Crippen molar-refractivity contribution in [3.8, 4) is 23.0 Å².